The molecule has 0 saturated carbocycles. The van der Waals surface area contributed by atoms with E-state index in [1.807, 2.05) is 6.07 Å². The average Bonchev–Trinajstić information content (AvgIpc) is 3.44. The molecule has 0 aromatic heterocycles. The number of hydrogen-bond donors (Lipinski definition) is 2. The van der Waals surface area contributed by atoms with Crippen LogP contribution in [0.4, 0.5) is 5.69 Å². The van der Waals surface area contributed by atoms with E-state index in [-0.39, 0.29) is 24.0 Å². The van der Waals surface area contributed by atoms with Crippen molar-refractivity contribution in [2.45, 2.75) is 39.2 Å². The van der Waals surface area contributed by atoms with Gasteiger partial charge in [-0.25, -0.2) is 0 Å². The number of anilines is 1. The third-order valence-corrected chi connectivity index (χ3v) is 5.90. The lowest BCUT2D eigenvalue weighted by Crippen LogP contribution is -2.45. The van der Waals surface area contributed by atoms with Crippen LogP contribution in [0, 0.1) is 5.92 Å². The zero-order chi connectivity index (χ0) is 21.3. The second kappa shape index (κ2) is 13.2. The Morgan fingerprint density at radius 2 is 1.81 bits per heavy atom. The first-order valence-corrected chi connectivity index (χ1v) is 11.4. The van der Waals surface area contributed by atoms with Gasteiger partial charge < -0.3 is 29.9 Å². The second-order valence-corrected chi connectivity index (χ2v) is 8.48. The topological polar surface area (TPSA) is 61.4 Å². The number of likely N-dealkylation sites (tertiary alicyclic amines) is 1. The highest BCUT2D eigenvalue weighted by molar-refractivity contribution is 14.0. The Hall–Kier alpha value is -1.42. The number of benzene rings is 1. The fraction of sp³-hybridized carbons (Fsp3) is 0.696. The number of hydrogen-bond acceptors (Lipinski definition) is 5. The van der Waals surface area contributed by atoms with Crippen molar-refractivity contribution in [3.05, 3.63) is 18.2 Å². The summed E-state index contributed by atoms with van der Waals surface area (Å²) in [6.45, 7) is 11.7. The molecule has 0 radical (unpaired) electrons. The molecule has 1 aromatic rings. The van der Waals surface area contributed by atoms with Crippen LogP contribution in [-0.2, 0) is 0 Å². The van der Waals surface area contributed by atoms with E-state index in [9.17, 15) is 0 Å². The van der Waals surface area contributed by atoms with Gasteiger partial charge in [-0.1, -0.05) is 6.92 Å². The lowest BCUT2D eigenvalue weighted by atomic mass is 10.2. The van der Waals surface area contributed by atoms with Crippen molar-refractivity contribution in [3.63, 3.8) is 0 Å². The second-order valence-electron chi connectivity index (χ2n) is 8.48. The number of aliphatic imine (C=N–C) groups is 1. The van der Waals surface area contributed by atoms with Crippen molar-refractivity contribution in [1.82, 2.24) is 15.5 Å². The molecule has 1 aromatic carbocycles. The first-order valence-electron chi connectivity index (χ1n) is 11.4. The van der Waals surface area contributed by atoms with E-state index in [2.05, 4.69) is 46.4 Å². The number of ether oxygens (including phenoxy) is 2. The SMILES string of the molecule is CCNC(=NCC(C)CN1CCCC1)NC1CCN(c2cc(OC)cc(OC)c2)C1.I. The Bertz CT molecular complexity index is 674. The Kier molecular flexibility index (Phi) is 11.0. The molecule has 176 valence electrons. The normalized spacial score (nSPS) is 20.3. The molecule has 31 heavy (non-hydrogen) atoms. The summed E-state index contributed by atoms with van der Waals surface area (Å²) in [5.74, 6) is 3.15. The van der Waals surface area contributed by atoms with Gasteiger partial charge in [0.2, 0.25) is 0 Å². The van der Waals surface area contributed by atoms with Gasteiger partial charge in [0.05, 0.1) is 14.2 Å². The van der Waals surface area contributed by atoms with Crippen LogP contribution in [0.15, 0.2) is 23.2 Å². The Morgan fingerprint density at radius 3 is 2.42 bits per heavy atom. The first kappa shape index (κ1) is 25.8. The maximum atomic E-state index is 5.43. The molecule has 2 unspecified atom stereocenters. The molecule has 2 N–H and O–H groups in total. The van der Waals surface area contributed by atoms with Gasteiger partial charge in [0.15, 0.2) is 5.96 Å². The van der Waals surface area contributed by atoms with Crippen LogP contribution >= 0.6 is 24.0 Å². The van der Waals surface area contributed by atoms with Crippen LogP contribution in [-0.4, -0.2) is 76.9 Å². The van der Waals surface area contributed by atoms with Gasteiger partial charge in [0.25, 0.3) is 0 Å². The van der Waals surface area contributed by atoms with Crippen LogP contribution in [0.2, 0.25) is 0 Å². The van der Waals surface area contributed by atoms with E-state index in [0.717, 1.165) is 62.3 Å². The van der Waals surface area contributed by atoms with Crippen LogP contribution in [0.5, 0.6) is 11.5 Å². The van der Waals surface area contributed by atoms with Crippen LogP contribution in [0.25, 0.3) is 0 Å². The molecule has 2 aliphatic heterocycles. The third-order valence-electron chi connectivity index (χ3n) is 5.90. The van der Waals surface area contributed by atoms with E-state index >= 15 is 0 Å². The van der Waals surface area contributed by atoms with Crippen molar-refractivity contribution in [3.8, 4) is 11.5 Å². The molecule has 0 bridgehead atoms. The monoisotopic (exact) mass is 545 g/mol. The fourth-order valence-corrected chi connectivity index (χ4v) is 4.31. The Balaban J connectivity index is 0.00000341. The average molecular weight is 546 g/mol. The largest absolute Gasteiger partial charge is 0.497 e. The van der Waals surface area contributed by atoms with Crippen LogP contribution in [0.1, 0.15) is 33.1 Å². The molecule has 2 fully saturated rings. The van der Waals surface area contributed by atoms with E-state index in [1.54, 1.807) is 14.2 Å². The van der Waals surface area contributed by atoms with Gasteiger partial charge >= 0.3 is 0 Å². The van der Waals surface area contributed by atoms with Crippen molar-refractivity contribution < 1.29 is 9.47 Å². The summed E-state index contributed by atoms with van der Waals surface area (Å²) >= 11 is 0. The molecule has 8 heteroatoms. The summed E-state index contributed by atoms with van der Waals surface area (Å²) in [7, 11) is 3.38. The van der Waals surface area contributed by atoms with E-state index in [4.69, 9.17) is 14.5 Å². The standard InChI is InChI=1S/C23H39N5O2.HI/c1-5-24-23(25-15-18(2)16-27-9-6-7-10-27)26-19-8-11-28(17-19)20-12-21(29-3)14-22(13-20)30-4;/h12-14,18-19H,5-11,15-17H2,1-4H3,(H2,24,25,26);1H. The van der Waals surface area contributed by atoms with Crippen molar-refractivity contribution in [2.75, 3.05) is 64.9 Å². The molecule has 2 heterocycles. The predicted molar refractivity (Wildman–Crippen MR) is 140 cm³/mol. The van der Waals surface area contributed by atoms with Crippen molar-refractivity contribution in [1.29, 1.82) is 0 Å². The predicted octanol–water partition coefficient (Wildman–Crippen LogP) is 3.19. The van der Waals surface area contributed by atoms with E-state index < -0.39 is 0 Å². The lowest BCUT2D eigenvalue weighted by Gasteiger charge is -2.22. The zero-order valence-corrected chi connectivity index (χ0v) is 21.9. The van der Waals surface area contributed by atoms with Gasteiger partial charge in [-0.3, -0.25) is 4.99 Å². The molecular weight excluding hydrogens is 505 g/mol. The lowest BCUT2D eigenvalue weighted by molar-refractivity contribution is 0.291. The minimum absolute atomic E-state index is 0. The number of nitrogens with zero attached hydrogens (tertiary/aromatic N) is 3. The quantitative estimate of drug-likeness (QED) is 0.283. The number of guanidine groups is 1. The summed E-state index contributed by atoms with van der Waals surface area (Å²) in [4.78, 5) is 9.83. The fourth-order valence-electron chi connectivity index (χ4n) is 4.31. The molecule has 0 amide bonds. The summed E-state index contributed by atoms with van der Waals surface area (Å²) in [5.41, 5.74) is 1.14. The summed E-state index contributed by atoms with van der Waals surface area (Å²) < 4.78 is 10.9. The molecule has 0 spiro atoms. The van der Waals surface area contributed by atoms with Gasteiger partial charge in [-0.15, -0.1) is 24.0 Å². The minimum atomic E-state index is 0. The highest BCUT2D eigenvalue weighted by Gasteiger charge is 2.24. The van der Waals surface area contributed by atoms with Gasteiger partial charge in [0, 0.05) is 62.7 Å². The highest BCUT2D eigenvalue weighted by Crippen LogP contribution is 2.30. The number of methoxy groups -OCH3 is 2. The van der Waals surface area contributed by atoms with Gasteiger partial charge in [0.1, 0.15) is 11.5 Å². The highest BCUT2D eigenvalue weighted by atomic mass is 127. The Labute approximate surface area is 205 Å². The molecule has 2 aliphatic rings. The Morgan fingerprint density at radius 1 is 1.13 bits per heavy atom. The number of halogens is 1. The maximum Gasteiger partial charge on any atom is 0.191 e. The van der Waals surface area contributed by atoms with Crippen molar-refractivity contribution >= 4 is 35.6 Å². The van der Waals surface area contributed by atoms with Crippen LogP contribution < -0.4 is 25.0 Å². The molecule has 7 nitrogen and oxygen atoms in total. The number of nitrogens with one attached hydrogen (secondary N) is 2. The van der Waals surface area contributed by atoms with E-state index in [0.29, 0.717) is 12.0 Å². The zero-order valence-electron chi connectivity index (χ0n) is 19.5. The number of rotatable bonds is 9. The minimum Gasteiger partial charge on any atom is -0.497 e. The first-order chi connectivity index (χ1) is 14.6. The summed E-state index contributed by atoms with van der Waals surface area (Å²) in [6.07, 6.45) is 3.77. The summed E-state index contributed by atoms with van der Waals surface area (Å²) in [6, 6.07) is 6.43. The van der Waals surface area contributed by atoms with E-state index in [1.165, 1.54) is 25.9 Å². The summed E-state index contributed by atoms with van der Waals surface area (Å²) in [5, 5.41) is 7.06. The molecule has 2 saturated heterocycles. The molecule has 2 atom stereocenters. The maximum absolute atomic E-state index is 5.43. The van der Waals surface area contributed by atoms with Gasteiger partial charge in [-0.2, -0.15) is 0 Å². The van der Waals surface area contributed by atoms with Crippen LogP contribution in [0.3, 0.4) is 0 Å². The van der Waals surface area contributed by atoms with Gasteiger partial charge in [-0.05, 0) is 45.2 Å². The molecular formula is C23H40IN5O2. The van der Waals surface area contributed by atoms with Crippen molar-refractivity contribution in [2.24, 2.45) is 10.9 Å². The third kappa shape index (κ3) is 7.89. The molecule has 0 aliphatic carbocycles. The molecule has 3 rings (SSSR count). The smallest absolute Gasteiger partial charge is 0.191 e.